The number of pyridine rings is 1. The lowest BCUT2D eigenvalue weighted by Crippen LogP contribution is -2.27. The molecule has 4 aromatic rings. The molecule has 0 saturated heterocycles. The van der Waals surface area contributed by atoms with Gasteiger partial charge in [0, 0.05) is 40.6 Å². The van der Waals surface area contributed by atoms with Crippen LogP contribution in [0.4, 0.5) is 11.4 Å². The molecular weight excluding hydrogens is 470 g/mol. The molecule has 2 heterocycles. The monoisotopic (exact) mass is 497 g/mol. The van der Waals surface area contributed by atoms with Crippen molar-refractivity contribution in [2.75, 3.05) is 51.5 Å². The Labute approximate surface area is 203 Å². The molecule has 2 aromatic carbocycles. The summed E-state index contributed by atoms with van der Waals surface area (Å²) >= 11 is 0. The zero-order valence-corrected chi connectivity index (χ0v) is 20.9. The van der Waals surface area contributed by atoms with Crippen molar-refractivity contribution < 1.29 is 22.7 Å². The Kier molecular flexibility index (Phi) is 6.55. The average Bonchev–Trinajstić information content (AvgIpc) is 3.19. The molecule has 0 saturated carbocycles. The molecule has 0 bridgehead atoms. The van der Waals surface area contributed by atoms with Crippen LogP contribution in [0, 0.1) is 0 Å². The van der Waals surface area contributed by atoms with Gasteiger partial charge in [0.15, 0.2) is 0 Å². The highest BCUT2D eigenvalue weighted by atomic mass is 32.2. The number of fused-ring (bicyclic) bond motifs is 3. The summed E-state index contributed by atoms with van der Waals surface area (Å²) in [6, 6.07) is 13.5. The molecule has 0 atom stereocenters. The zero-order valence-electron chi connectivity index (χ0n) is 20.1. The van der Waals surface area contributed by atoms with Gasteiger partial charge in [0.2, 0.25) is 17.7 Å². The third-order valence-electron chi connectivity index (χ3n) is 5.53. The Hall–Kier alpha value is -3.83. The van der Waals surface area contributed by atoms with Gasteiger partial charge in [-0.05, 0) is 50.5 Å². The third kappa shape index (κ3) is 4.73. The largest absolute Gasteiger partial charge is 0.481 e. The first-order chi connectivity index (χ1) is 16.6. The summed E-state index contributed by atoms with van der Waals surface area (Å²) in [5, 5.41) is 4.46. The van der Waals surface area contributed by atoms with Crippen molar-refractivity contribution in [3.63, 3.8) is 0 Å². The first kappa shape index (κ1) is 24.3. The van der Waals surface area contributed by atoms with E-state index < -0.39 is 10.0 Å². The normalized spacial score (nSPS) is 11.7. The van der Waals surface area contributed by atoms with Crippen LogP contribution in [0.25, 0.3) is 21.8 Å². The maximum atomic E-state index is 13.5. The van der Waals surface area contributed by atoms with Crippen LogP contribution >= 0.6 is 0 Å². The highest BCUT2D eigenvalue weighted by Crippen LogP contribution is 2.34. The number of aromatic amines is 1. The fourth-order valence-electron chi connectivity index (χ4n) is 3.82. The van der Waals surface area contributed by atoms with Crippen molar-refractivity contribution in [1.29, 1.82) is 0 Å². The molecular formula is C24H27N5O5S. The Morgan fingerprint density at radius 3 is 2.43 bits per heavy atom. The summed E-state index contributed by atoms with van der Waals surface area (Å²) in [5.74, 6) is 0.326. The van der Waals surface area contributed by atoms with E-state index in [1.165, 1.54) is 21.3 Å². The summed E-state index contributed by atoms with van der Waals surface area (Å²) in [4.78, 5) is 21.5. The number of methoxy groups -OCH3 is 2. The van der Waals surface area contributed by atoms with E-state index in [-0.39, 0.29) is 28.9 Å². The Morgan fingerprint density at radius 2 is 1.74 bits per heavy atom. The van der Waals surface area contributed by atoms with Crippen LogP contribution in [0.1, 0.15) is 0 Å². The second-order valence-corrected chi connectivity index (χ2v) is 10.2. The first-order valence-corrected chi connectivity index (χ1v) is 12.2. The molecule has 0 unspecified atom stereocenters. The van der Waals surface area contributed by atoms with E-state index in [0.717, 1.165) is 26.1 Å². The molecule has 4 rings (SSSR count). The summed E-state index contributed by atoms with van der Waals surface area (Å²) in [5.41, 5.74) is 2.50. The number of amides is 1. The number of carbonyl (C=O) groups excluding carboxylic acids is 1. The Balaban J connectivity index is 1.70. The first-order valence-electron chi connectivity index (χ1n) is 10.7. The van der Waals surface area contributed by atoms with E-state index in [1.54, 1.807) is 41.3 Å². The van der Waals surface area contributed by atoms with Gasteiger partial charge in [0.1, 0.15) is 5.69 Å². The fourth-order valence-corrected chi connectivity index (χ4v) is 5.04. The van der Waals surface area contributed by atoms with Gasteiger partial charge in [-0.2, -0.15) is 4.98 Å². The molecule has 2 N–H and O–H groups in total. The second kappa shape index (κ2) is 9.43. The number of sulfonamides is 1. The predicted octanol–water partition coefficient (Wildman–Crippen LogP) is 3.06. The zero-order chi connectivity index (χ0) is 25.3. The van der Waals surface area contributed by atoms with Crippen LogP contribution in [-0.4, -0.2) is 71.1 Å². The molecule has 35 heavy (non-hydrogen) atoms. The molecule has 0 aliphatic heterocycles. The number of ether oxygens (including phenoxy) is 2. The van der Waals surface area contributed by atoms with Crippen molar-refractivity contribution in [3.05, 3.63) is 48.5 Å². The van der Waals surface area contributed by atoms with Crippen molar-refractivity contribution in [2.24, 2.45) is 0 Å². The number of nitrogens with one attached hydrogen (secondary N) is 2. The van der Waals surface area contributed by atoms with E-state index in [4.69, 9.17) is 9.47 Å². The van der Waals surface area contributed by atoms with Gasteiger partial charge in [-0.1, -0.05) is 6.07 Å². The molecule has 0 fully saturated rings. The fraction of sp³-hybridized carbons (Fsp3) is 0.250. The standard InChI is InChI=1S/C24H27N5O5S/c1-28(2)14-22(30)25-15-6-8-17-18-13-16(7-9-19(18)26-20(17)12-15)35(31,32)29(3)21-10-11-23(33-4)27-24(21)34-5/h6-13,26H,14H2,1-5H3,(H,25,30). The van der Waals surface area contributed by atoms with Gasteiger partial charge in [-0.25, -0.2) is 8.42 Å². The molecule has 11 heteroatoms. The molecule has 0 radical (unpaired) electrons. The third-order valence-corrected chi connectivity index (χ3v) is 7.30. The van der Waals surface area contributed by atoms with Gasteiger partial charge in [0.05, 0.1) is 25.7 Å². The second-order valence-electron chi connectivity index (χ2n) is 8.23. The van der Waals surface area contributed by atoms with Crippen molar-refractivity contribution >= 4 is 49.1 Å². The lowest BCUT2D eigenvalue weighted by molar-refractivity contribution is -0.116. The summed E-state index contributed by atoms with van der Waals surface area (Å²) < 4.78 is 38.5. The van der Waals surface area contributed by atoms with Crippen LogP contribution in [0.15, 0.2) is 53.4 Å². The molecule has 2 aromatic heterocycles. The molecule has 184 valence electrons. The van der Waals surface area contributed by atoms with E-state index in [9.17, 15) is 13.2 Å². The summed E-state index contributed by atoms with van der Waals surface area (Å²) in [7, 11) is 4.06. The average molecular weight is 498 g/mol. The van der Waals surface area contributed by atoms with Crippen LogP contribution in [0.2, 0.25) is 0 Å². The SMILES string of the molecule is COc1ccc(N(C)S(=O)(=O)c2ccc3[nH]c4cc(NC(=O)CN(C)C)ccc4c3c2)c(OC)n1. The van der Waals surface area contributed by atoms with E-state index >= 15 is 0 Å². The van der Waals surface area contributed by atoms with Gasteiger partial charge in [-0.15, -0.1) is 0 Å². The van der Waals surface area contributed by atoms with Crippen molar-refractivity contribution in [2.45, 2.75) is 4.90 Å². The maximum Gasteiger partial charge on any atom is 0.264 e. The van der Waals surface area contributed by atoms with Crippen LogP contribution in [0.3, 0.4) is 0 Å². The number of anilines is 2. The highest BCUT2D eigenvalue weighted by Gasteiger charge is 2.25. The van der Waals surface area contributed by atoms with Crippen LogP contribution < -0.4 is 19.1 Å². The number of hydrogen-bond donors (Lipinski definition) is 2. The summed E-state index contributed by atoms with van der Waals surface area (Å²) in [6.45, 7) is 0.272. The minimum atomic E-state index is -3.92. The van der Waals surface area contributed by atoms with E-state index in [1.807, 2.05) is 26.2 Å². The number of nitrogens with zero attached hydrogens (tertiary/aromatic N) is 3. The topological polar surface area (TPSA) is 117 Å². The Bertz CT molecular complexity index is 1510. The van der Waals surface area contributed by atoms with Gasteiger partial charge >= 0.3 is 0 Å². The molecule has 0 aliphatic carbocycles. The van der Waals surface area contributed by atoms with E-state index in [2.05, 4.69) is 15.3 Å². The van der Waals surface area contributed by atoms with Gasteiger partial charge < -0.3 is 24.7 Å². The molecule has 10 nitrogen and oxygen atoms in total. The lowest BCUT2D eigenvalue weighted by atomic mass is 10.1. The number of benzene rings is 2. The predicted molar refractivity (Wildman–Crippen MR) is 136 cm³/mol. The number of likely N-dealkylation sites (N-methyl/N-ethyl adjacent to an activating group) is 1. The number of H-pyrrole nitrogens is 1. The van der Waals surface area contributed by atoms with Crippen molar-refractivity contribution in [1.82, 2.24) is 14.9 Å². The molecule has 0 spiro atoms. The highest BCUT2D eigenvalue weighted by molar-refractivity contribution is 7.92. The summed E-state index contributed by atoms with van der Waals surface area (Å²) in [6.07, 6.45) is 0. The van der Waals surface area contributed by atoms with Crippen molar-refractivity contribution in [3.8, 4) is 11.8 Å². The number of carbonyl (C=O) groups is 1. The smallest absolute Gasteiger partial charge is 0.264 e. The van der Waals surface area contributed by atoms with Crippen LogP contribution in [-0.2, 0) is 14.8 Å². The number of rotatable bonds is 8. The molecule has 0 aliphatic rings. The lowest BCUT2D eigenvalue weighted by Gasteiger charge is -2.21. The quantitative estimate of drug-likeness (QED) is 0.384. The number of hydrogen-bond acceptors (Lipinski definition) is 7. The maximum absolute atomic E-state index is 13.5. The minimum Gasteiger partial charge on any atom is -0.481 e. The van der Waals surface area contributed by atoms with Crippen LogP contribution in [0.5, 0.6) is 11.8 Å². The number of aromatic nitrogens is 2. The van der Waals surface area contributed by atoms with Gasteiger partial charge in [0.25, 0.3) is 10.0 Å². The molecule has 1 amide bonds. The Morgan fingerprint density at radius 1 is 0.971 bits per heavy atom. The van der Waals surface area contributed by atoms with Gasteiger partial charge in [-0.3, -0.25) is 9.10 Å². The minimum absolute atomic E-state index is 0.120. The van der Waals surface area contributed by atoms with E-state index in [0.29, 0.717) is 11.6 Å².